The Kier molecular flexibility index (Phi) is 6.64. The van der Waals surface area contributed by atoms with Gasteiger partial charge in [0.25, 0.3) is 0 Å². The van der Waals surface area contributed by atoms with E-state index in [-0.39, 0.29) is 6.54 Å². The lowest BCUT2D eigenvalue weighted by molar-refractivity contribution is -0.153. The van der Waals surface area contributed by atoms with Crippen LogP contribution in [-0.4, -0.2) is 30.3 Å². The molecule has 0 spiro atoms. The Hall–Kier alpha value is -0.650. The third-order valence-electron chi connectivity index (χ3n) is 1.33. The van der Waals surface area contributed by atoms with Gasteiger partial charge in [0.1, 0.15) is 0 Å². The number of carbonyl (C=O) groups is 1. The van der Waals surface area contributed by atoms with Gasteiger partial charge in [-0.25, -0.2) is 4.79 Å². The van der Waals surface area contributed by atoms with E-state index in [4.69, 9.17) is 15.7 Å². The van der Waals surface area contributed by atoms with Crippen LogP contribution < -0.4 is 11.3 Å². The van der Waals surface area contributed by atoms with E-state index in [9.17, 15) is 4.79 Å². The molecule has 0 saturated heterocycles. The van der Waals surface area contributed by atoms with E-state index < -0.39 is 12.1 Å². The van der Waals surface area contributed by atoms with Crippen molar-refractivity contribution in [2.75, 3.05) is 13.2 Å². The van der Waals surface area contributed by atoms with Crippen molar-refractivity contribution >= 4 is 5.97 Å². The molecule has 0 amide bonds. The van der Waals surface area contributed by atoms with Crippen molar-refractivity contribution in [3.8, 4) is 0 Å². The fourth-order valence-electron chi connectivity index (χ4n) is 0.608. The van der Waals surface area contributed by atoms with Crippen molar-refractivity contribution in [3.05, 3.63) is 0 Å². The number of aliphatic hydroxyl groups is 1. The first kappa shape index (κ1) is 11.4. The monoisotopic (exact) mass is 176 g/mol. The third-order valence-corrected chi connectivity index (χ3v) is 1.33. The summed E-state index contributed by atoms with van der Waals surface area (Å²) in [5.74, 6) is 4.28. The number of carbonyl (C=O) groups excluding carboxylic acids is 1. The van der Waals surface area contributed by atoms with Crippen LogP contribution in [0.15, 0.2) is 0 Å². The summed E-state index contributed by atoms with van der Waals surface area (Å²) in [6.07, 6.45) is 0.611. The van der Waals surface area contributed by atoms with Crippen LogP contribution in [0.1, 0.15) is 19.8 Å². The first-order valence-electron chi connectivity index (χ1n) is 4.00. The molecule has 0 radical (unpaired) electrons. The second kappa shape index (κ2) is 7.02. The number of nitrogens with two attached hydrogens (primary N) is 1. The Morgan fingerprint density at radius 3 is 2.92 bits per heavy atom. The van der Waals surface area contributed by atoms with Crippen molar-refractivity contribution in [1.29, 1.82) is 0 Å². The average Bonchev–Trinajstić information content (AvgIpc) is 2.05. The quantitative estimate of drug-likeness (QED) is 0.212. The van der Waals surface area contributed by atoms with Gasteiger partial charge in [-0.2, -0.15) is 0 Å². The normalized spacial score (nSPS) is 12.6. The molecule has 0 rings (SSSR count). The fourth-order valence-corrected chi connectivity index (χ4v) is 0.608. The Balaban J connectivity index is 3.43. The van der Waals surface area contributed by atoms with Gasteiger partial charge >= 0.3 is 5.97 Å². The van der Waals surface area contributed by atoms with Gasteiger partial charge in [0.05, 0.1) is 6.61 Å². The highest BCUT2D eigenvalue weighted by Gasteiger charge is 2.14. The maximum Gasteiger partial charge on any atom is 0.336 e. The van der Waals surface area contributed by atoms with Crippen molar-refractivity contribution in [2.24, 2.45) is 5.84 Å². The Morgan fingerprint density at radius 2 is 2.42 bits per heavy atom. The van der Waals surface area contributed by atoms with Crippen LogP contribution in [0, 0.1) is 0 Å². The zero-order valence-corrected chi connectivity index (χ0v) is 7.25. The van der Waals surface area contributed by atoms with Gasteiger partial charge in [-0.05, 0) is 6.42 Å². The number of unbranched alkanes of at least 4 members (excludes halogenated alkanes) is 1. The van der Waals surface area contributed by atoms with E-state index in [0.29, 0.717) is 6.61 Å². The number of nitrogens with one attached hydrogen (secondary N) is 1. The Morgan fingerprint density at radius 1 is 1.75 bits per heavy atom. The second-order valence-corrected chi connectivity index (χ2v) is 2.45. The molecule has 12 heavy (non-hydrogen) atoms. The predicted molar refractivity (Wildman–Crippen MR) is 44.1 cm³/mol. The molecule has 0 aliphatic heterocycles. The molecule has 0 aliphatic carbocycles. The zero-order chi connectivity index (χ0) is 9.40. The van der Waals surface area contributed by atoms with E-state index in [1.165, 1.54) is 0 Å². The van der Waals surface area contributed by atoms with Gasteiger partial charge in [-0.3, -0.25) is 11.3 Å². The molecule has 5 nitrogen and oxygen atoms in total. The number of rotatable bonds is 6. The molecule has 0 aromatic rings. The maximum absolute atomic E-state index is 10.8. The van der Waals surface area contributed by atoms with Gasteiger partial charge in [-0.15, -0.1) is 0 Å². The van der Waals surface area contributed by atoms with Crippen molar-refractivity contribution in [2.45, 2.75) is 25.9 Å². The average molecular weight is 176 g/mol. The van der Waals surface area contributed by atoms with Gasteiger partial charge in [0.2, 0.25) is 0 Å². The third kappa shape index (κ3) is 5.06. The molecule has 5 heteroatoms. The molecule has 0 aromatic heterocycles. The van der Waals surface area contributed by atoms with Gasteiger partial charge in [0, 0.05) is 6.54 Å². The molecule has 0 saturated carbocycles. The highest BCUT2D eigenvalue weighted by molar-refractivity contribution is 5.74. The molecule has 1 unspecified atom stereocenters. The van der Waals surface area contributed by atoms with E-state index in [2.05, 4.69) is 5.43 Å². The van der Waals surface area contributed by atoms with Crippen LogP contribution in [0.3, 0.4) is 0 Å². The highest BCUT2D eigenvalue weighted by Crippen LogP contribution is 1.91. The largest absolute Gasteiger partial charge is 0.464 e. The molecule has 0 heterocycles. The Bertz CT molecular complexity index is 130. The Labute approximate surface area is 71.9 Å². The topological polar surface area (TPSA) is 84.6 Å². The SMILES string of the molecule is CCCCOC(=O)C(O)CNN. The molecule has 4 N–H and O–H groups in total. The van der Waals surface area contributed by atoms with Crippen LogP contribution in [0.25, 0.3) is 0 Å². The fraction of sp³-hybridized carbons (Fsp3) is 0.857. The van der Waals surface area contributed by atoms with Gasteiger partial charge in [0.15, 0.2) is 6.10 Å². The minimum absolute atomic E-state index is 0.0188. The minimum atomic E-state index is -1.16. The summed E-state index contributed by atoms with van der Waals surface area (Å²) in [7, 11) is 0. The molecule has 0 bridgehead atoms. The van der Waals surface area contributed by atoms with Gasteiger partial charge in [-0.1, -0.05) is 13.3 Å². The number of hydrogen-bond donors (Lipinski definition) is 3. The summed E-state index contributed by atoms with van der Waals surface area (Å²) in [6, 6.07) is 0. The summed E-state index contributed by atoms with van der Waals surface area (Å²) < 4.78 is 4.71. The lowest BCUT2D eigenvalue weighted by Gasteiger charge is -2.08. The first-order chi connectivity index (χ1) is 5.72. The molecular formula is C7H16N2O3. The number of hydrogen-bond acceptors (Lipinski definition) is 5. The minimum Gasteiger partial charge on any atom is -0.464 e. The van der Waals surface area contributed by atoms with E-state index >= 15 is 0 Å². The lowest BCUT2D eigenvalue weighted by atomic mass is 10.3. The summed E-state index contributed by atoms with van der Waals surface area (Å²) in [4.78, 5) is 10.8. The van der Waals surface area contributed by atoms with Crippen molar-refractivity contribution in [3.63, 3.8) is 0 Å². The maximum atomic E-state index is 10.8. The number of aliphatic hydroxyl groups excluding tert-OH is 1. The van der Waals surface area contributed by atoms with Crippen LogP contribution in [-0.2, 0) is 9.53 Å². The second-order valence-electron chi connectivity index (χ2n) is 2.45. The van der Waals surface area contributed by atoms with E-state index in [0.717, 1.165) is 12.8 Å². The smallest absolute Gasteiger partial charge is 0.336 e. The highest BCUT2D eigenvalue weighted by atomic mass is 16.5. The van der Waals surface area contributed by atoms with Gasteiger partial charge < -0.3 is 9.84 Å². The van der Waals surface area contributed by atoms with E-state index in [1.54, 1.807) is 0 Å². The standard InChI is InChI=1S/C7H16N2O3/c1-2-3-4-12-7(11)6(10)5-9-8/h6,9-10H,2-5,8H2,1H3. The summed E-state index contributed by atoms with van der Waals surface area (Å²) >= 11 is 0. The molecule has 0 aromatic carbocycles. The number of esters is 1. The van der Waals surface area contributed by atoms with Crippen molar-refractivity contribution < 1.29 is 14.6 Å². The number of ether oxygens (including phenoxy) is 1. The van der Waals surface area contributed by atoms with Crippen molar-refractivity contribution in [1.82, 2.24) is 5.43 Å². The molecule has 0 fully saturated rings. The first-order valence-corrected chi connectivity index (χ1v) is 4.00. The van der Waals surface area contributed by atoms with Crippen LogP contribution >= 0.6 is 0 Å². The molecule has 0 aliphatic rings. The molecular weight excluding hydrogens is 160 g/mol. The number of hydrazine groups is 1. The van der Waals surface area contributed by atoms with Crippen LogP contribution in [0.2, 0.25) is 0 Å². The predicted octanol–water partition coefficient (Wildman–Crippen LogP) is -0.846. The summed E-state index contributed by atoms with van der Waals surface area (Å²) in [5, 5.41) is 9.00. The summed E-state index contributed by atoms with van der Waals surface area (Å²) in [5.41, 5.74) is 2.19. The molecule has 1 atom stereocenters. The lowest BCUT2D eigenvalue weighted by Crippen LogP contribution is -2.37. The zero-order valence-electron chi connectivity index (χ0n) is 7.25. The van der Waals surface area contributed by atoms with Crippen LogP contribution in [0.5, 0.6) is 0 Å². The van der Waals surface area contributed by atoms with Crippen LogP contribution in [0.4, 0.5) is 0 Å². The van der Waals surface area contributed by atoms with E-state index in [1.807, 2.05) is 6.92 Å². The summed E-state index contributed by atoms with van der Waals surface area (Å²) in [6.45, 7) is 2.37. The molecule has 72 valence electrons.